The van der Waals surface area contributed by atoms with E-state index in [0.717, 1.165) is 37.1 Å². The van der Waals surface area contributed by atoms with Crippen LogP contribution in [0.25, 0.3) is 5.69 Å². The van der Waals surface area contributed by atoms with Crippen molar-refractivity contribution in [2.75, 3.05) is 13.1 Å². The first-order valence-electron chi connectivity index (χ1n) is 9.35. The first kappa shape index (κ1) is 17.5. The number of carbonyl (C=O) groups excluding carboxylic acids is 1. The van der Waals surface area contributed by atoms with Crippen molar-refractivity contribution in [1.82, 2.24) is 14.7 Å². The number of carbonyl (C=O) groups is 1. The minimum absolute atomic E-state index is 0.0398. The highest BCUT2D eigenvalue weighted by Gasteiger charge is 2.24. The van der Waals surface area contributed by atoms with Crippen molar-refractivity contribution in [3.8, 4) is 5.69 Å². The van der Waals surface area contributed by atoms with E-state index in [-0.39, 0.29) is 17.6 Å². The maximum absolute atomic E-state index is 13.2. The molecule has 2 aromatic carbocycles. The molecule has 1 saturated heterocycles. The second-order valence-electron chi connectivity index (χ2n) is 7.00. The monoisotopic (exact) mass is 363 g/mol. The van der Waals surface area contributed by atoms with E-state index in [1.807, 2.05) is 53.6 Å². The summed E-state index contributed by atoms with van der Waals surface area (Å²) in [6, 6.07) is 16.1. The molecule has 2 heterocycles. The Hall–Kier alpha value is -2.95. The number of nitrogens with zero attached hydrogens (tertiary/aromatic N) is 3. The molecule has 0 unspecified atom stereocenters. The third kappa shape index (κ3) is 3.92. The molecule has 5 heteroatoms. The van der Waals surface area contributed by atoms with Crippen LogP contribution < -0.4 is 0 Å². The molecule has 0 aliphatic carbocycles. The molecule has 3 aromatic rings. The van der Waals surface area contributed by atoms with Crippen molar-refractivity contribution in [1.29, 1.82) is 0 Å². The lowest BCUT2D eigenvalue weighted by atomic mass is 9.94. The maximum Gasteiger partial charge on any atom is 0.253 e. The summed E-state index contributed by atoms with van der Waals surface area (Å²) in [6.45, 7) is 1.42. The van der Waals surface area contributed by atoms with E-state index in [4.69, 9.17) is 0 Å². The van der Waals surface area contributed by atoms with E-state index in [2.05, 4.69) is 5.10 Å². The van der Waals surface area contributed by atoms with Crippen molar-refractivity contribution >= 4 is 5.91 Å². The zero-order valence-electron chi connectivity index (χ0n) is 15.1. The zero-order valence-corrected chi connectivity index (χ0v) is 15.1. The second-order valence-corrected chi connectivity index (χ2v) is 7.00. The smallest absolute Gasteiger partial charge is 0.253 e. The summed E-state index contributed by atoms with van der Waals surface area (Å²) in [5.74, 6) is 0.0557. The molecular formula is C22H22FN3O. The Labute approximate surface area is 158 Å². The van der Waals surface area contributed by atoms with Gasteiger partial charge in [0.05, 0.1) is 5.69 Å². The van der Waals surface area contributed by atoms with Crippen LogP contribution in [0.4, 0.5) is 4.39 Å². The minimum atomic E-state index is -0.226. The Morgan fingerprint density at radius 1 is 1.07 bits per heavy atom. The van der Waals surface area contributed by atoms with Gasteiger partial charge in [0.15, 0.2) is 0 Å². The number of aromatic nitrogens is 2. The second kappa shape index (κ2) is 7.74. The Morgan fingerprint density at radius 3 is 2.70 bits per heavy atom. The molecule has 138 valence electrons. The van der Waals surface area contributed by atoms with Gasteiger partial charge in [-0.1, -0.05) is 24.6 Å². The van der Waals surface area contributed by atoms with Crippen molar-refractivity contribution in [2.24, 2.45) is 0 Å². The highest BCUT2D eigenvalue weighted by atomic mass is 19.1. The minimum Gasteiger partial charge on any atom is -0.338 e. The van der Waals surface area contributed by atoms with Crippen molar-refractivity contribution in [3.05, 3.63) is 83.9 Å². The predicted molar refractivity (Wildman–Crippen MR) is 102 cm³/mol. The number of benzene rings is 2. The lowest BCUT2D eigenvalue weighted by Gasteiger charge is -2.25. The third-order valence-electron chi connectivity index (χ3n) is 5.16. The van der Waals surface area contributed by atoms with Gasteiger partial charge in [0.25, 0.3) is 5.91 Å². The van der Waals surface area contributed by atoms with E-state index in [1.54, 1.807) is 10.9 Å². The number of amides is 1. The van der Waals surface area contributed by atoms with Crippen molar-refractivity contribution in [2.45, 2.75) is 25.2 Å². The summed E-state index contributed by atoms with van der Waals surface area (Å²) in [6.07, 6.45) is 6.65. The lowest BCUT2D eigenvalue weighted by molar-refractivity contribution is 0.0754. The molecule has 0 bridgehead atoms. The zero-order chi connectivity index (χ0) is 18.6. The summed E-state index contributed by atoms with van der Waals surface area (Å²) in [5, 5.41) is 4.23. The van der Waals surface area contributed by atoms with E-state index < -0.39 is 0 Å². The number of rotatable bonds is 3. The average molecular weight is 363 g/mol. The molecule has 0 N–H and O–H groups in total. The topological polar surface area (TPSA) is 38.1 Å². The van der Waals surface area contributed by atoms with Crippen LogP contribution >= 0.6 is 0 Å². The molecule has 1 fully saturated rings. The molecule has 27 heavy (non-hydrogen) atoms. The number of hydrogen-bond acceptors (Lipinski definition) is 2. The number of halogens is 1. The summed E-state index contributed by atoms with van der Waals surface area (Å²) >= 11 is 0. The average Bonchev–Trinajstić information content (AvgIpc) is 3.13. The molecule has 1 amide bonds. The van der Waals surface area contributed by atoms with E-state index in [1.165, 1.54) is 12.1 Å². The van der Waals surface area contributed by atoms with E-state index in [9.17, 15) is 9.18 Å². The lowest BCUT2D eigenvalue weighted by Crippen LogP contribution is -2.34. The first-order chi connectivity index (χ1) is 13.2. The van der Waals surface area contributed by atoms with Gasteiger partial charge in [-0.3, -0.25) is 4.79 Å². The molecular weight excluding hydrogens is 341 g/mol. The summed E-state index contributed by atoms with van der Waals surface area (Å²) in [4.78, 5) is 15.1. The van der Waals surface area contributed by atoms with Crippen molar-refractivity contribution in [3.63, 3.8) is 0 Å². The largest absolute Gasteiger partial charge is 0.338 e. The van der Waals surface area contributed by atoms with Gasteiger partial charge in [0, 0.05) is 37.0 Å². The maximum atomic E-state index is 13.2. The van der Waals surface area contributed by atoms with Gasteiger partial charge in [0.2, 0.25) is 0 Å². The van der Waals surface area contributed by atoms with Gasteiger partial charge in [-0.15, -0.1) is 0 Å². The normalized spacial score (nSPS) is 17.5. The molecule has 1 aliphatic heterocycles. The van der Waals surface area contributed by atoms with Gasteiger partial charge < -0.3 is 4.90 Å². The molecule has 4 nitrogen and oxygen atoms in total. The Balaban J connectivity index is 1.55. The van der Waals surface area contributed by atoms with Crippen LogP contribution in [0.15, 0.2) is 67.0 Å². The third-order valence-corrected chi connectivity index (χ3v) is 5.16. The van der Waals surface area contributed by atoms with Crippen LogP contribution in [-0.2, 0) is 0 Å². The molecule has 1 atom stereocenters. The quantitative estimate of drug-likeness (QED) is 0.691. The van der Waals surface area contributed by atoms with Gasteiger partial charge >= 0.3 is 0 Å². The van der Waals surface area contributed by atoms with Crippen LogP contribution in [-0.4, -0.2) is 33.7 Å². The molecule has 0 saturated carbocycles. The Bertz CT molecular complexity index is 906. The standard InChI is InChI=1S/C22H22FN3O/c23-20-10-8-17(9-11-20)19-5-1-2-13-25(16-19)22(27)18-6-3-7-21(15-18)26-14-4-12-24-26/h3-4,6-12,14-15,19H,1-2,5,13,16H2/t19-/m1/s1. The fraction of sp³-hybridized carbons (Fsp3) is 0.273. The first-order valence-corrected chi connectivity index (χ1v) is 9.35. The van der Waals surface area contributed by atoms with Gasteiger partial charge in [0.1, 0.15) is 5.82 Å². The van der Waals surface area contributed by atoms with Crippen LogP contribution in [0.3, 0.4) is 0 Å². The van der Waals surface area contributed by atoms with Gasteiger partial charge in [-0.2, -0.15) is 5.10 Å². The summed E-state index contributed by atoms with van der Waals surface area (Å²) in [5.41, 5.74) is 2.64. The molecule has 0 spiro atoms. The van der Waals surface area contributed by atoms with Crippen molar-refractivity contribution < 1.29 is 9.18 Å². The summed E-state index contributed by atoms with van der Waals surface area (Å²) < 4.78 is 15.0. The molecule has 4 rings (SSSR count). The van der Waals surface area contributed by atoms with Crippen LogP contribution in [0.1, 0.15) is 41.1 Å². The van der Waals surface area contributed by atoms with Crippen LogP contribution in [0.5, 0.6) is 0 Å². The Kier molecular flexibility index (Phi) is 5.01. The Morgan fingerprint density at radius 2 is 1.93 bits per heavy atom. The predicted octanol–water partition coefficient (Wildman–Crippen LogP) is 4.42. The summed E-state index contributed by atoms with van der Waals surface area (Å²) in [7, 11) is 0. The highest BCUT2D eigenvalue weighted by molar-refractivity contribution is 5.94. The van der Waals surface area contributed by atoms with Gasteiger partial charge in [-0.05, 0) is 54.8 Å². The highest BCUT2D eigenvalue weighted by Crippen LogP contribution is 2.27. The van der Waals surface area contributed by atoms with Crippen LogP contribution in [0, 0.1) is 5.82 Å². The van der Waals surface area contributed by atoms with E-state index >= 15 is 0 Å². The number of likely N-dealkylation sites (tertiary alicyclic amines) is 1. The van der Waals surface area contributed by atoms with Gasteiger partial charge in [-0.25, -0.2) is 9.07 Å². The number of hydrogen-bond donors (Lipinski definition) is 0. The molecule has 1 aromatic heterocycles. The van der Waals surface area contributed by atoms with E-state index in [0.29, 0.717) is 12.1 Å². The fourth-order valence-electron chi connectivity index (χ4n) is 3.72. The van der Waals surface area contributed by atoms with Crippen LogP contribution in [0.2, 0.25) is 0 Å². The fourth-order valence-corrected chi connectivity index (χ4v) is 3.72. The molecule has 1 aliphatic rings. The molecule has 0 radical (unpaired) electrons. The SMILES string of the molecule is O=C(c1cccc(-n2cccn2)c1)N1CCCC[C@@H](c2ccc(F)cc2)C1.